The van der Waals surface area contributed by atoms with Crippen LogP contribution in [0.15, 0.2) is 87.1 Å². The average Bonchev–Trinajstić information content (AvgIpc) is 2.70. The van der Waals surface area contributed by atoms with Gasteiger partial charge in [0.15, 0.2) is 0 Å². The van der Waals surface area contributed by atoms with Crippen LogP contribution in [-0.2, 0) is 17.1 Å². The van der Waals surface area contributed by atoms with E-state index in [0.717, 1.165) is 27.2 Å². The number of hydrogen-bond donors (Lipinski definition) is 2. The minimum Gasteiger partial charge on any atom is -0.369 e. The van der Waals surface area contributed by atoms with Gasteiger partial charge in [-0.05, 0) is 36.4 Å². The first-order valence-corrected chi connectivity index (χ1v) is 10.3. The summed E-state index contributed by atoms with van der Waals surface area (Å²) in [7, 11) is -1.91. The van der Waals surface area contributed by atoms with E-state index >= 15 is 0 Å². The van der Waals surface area contributed by atoms with E-state index in [9.17, 15) is 8.42 Å². The van der Waals surface area contributed by atoms with Crippen molar-refractivity contribution in [1.29, 1.82) is 0 Å². The maximum absolute atomic E-state index is 12.1. The van der Waals surface area contributed by atoms with Crippen LogP contribution in [0.1, 0.15) is 0 Å². The molecule has 0 aliphatic rings. The number of fused-ring (bicyclic) bond motifs is 2. The zero-order valence-corrected chi connectivity index (χ0v) is 16.5. The monoisotopic (exact) mass is 405 g/mol. The molecular formula is C21H19N5O2S. The molecule has 0 fully saturated rings. The predicted molar refractivity (Wildman–Crippen MR) is 115 cm³/mol. The Morgan fingerprint density at radius 3 is 1.86 bits per heavy atom. The molecule has 3 aromatic carbocycles. The lowest BCUT2D eigenvalue weighted by Crippen LogP contribution is -2.24. The van der Waals surface area contributed by atoms with Crippen LogP contribution in [0.5, 0.6) is 0 Å². The van der Waals surface area contributed by atoms with Crippen LogP contribution < -0.4 is 16.8 Å². The number of nitrogens with zero attached hydrogens (tertiary/aromatic N) is 3. The molecule has 4 N–H and O–H groups in total. The Labute approximate surface area is 167 Å². The van der Waals surface area contributed by atoms with Gasteiger partial charge in [0.05, 0.1) is 27.0 Å². The van der Waals surface area contributed by atoms with Gasteiger partial charge in [-0.15, -0.1) is 4.40 Å². The first-order valence-electron chi connectivity index (χ1n) is 8.84. The van der Waals surface area contributed by atoms with Crippen LogP contribution in [0.25, 0.3) is 21.8 Å². The van der Waals surface area contributed by atoms with E-state index in [-0.39, 0.29) is 4.90 Å². The highest BCUT2D eigenvalue weighted by Gasteiger charge is 2.13. The molecule has 4 aromatic rings. The van der Waals surface area contributed by atoms with Crippen LogP contribution in [-0.4, -0.2) is 18.9 Å². The highest BCUT2D eigenvalue weighted by molar-refractivity contribution is 7.90. The maximum atomic E-state index is 12.1. The highest BCUT2D eigenvalue weighted by Crippen LogP contribution is 2.21. The molecule has 0 aliphatic heterocycles. The molecule has 146 valence electrons. The van der Waals surface area contributed by atoms with E-state index in [4.69, 9.17) is 16.5 Å². The fourth-order valence-corrected chi connectivity index (χ4v) is 4.20. The molecule has 7 nitrogen and oxygen atoms in total. The quantitative estimate of drug-likeness (QED) is 0.309. The van der Waals surface area contributed by atoms with Crippen molar-refractivity contribution in [1.82, 2.24) is 4.57 Å². The van der Waals surface area contributed by atoms with Gasteiger partial charge in [-0.3, -0.25) is 0 Å². The van der Waals surface area contributed by atoms with Crippen LogP contribution in [0.3, 0.4) is 0 Å². The van der Waals surface area contributed by atoms with Crippen molar-refractivity contribution in [3.63, 3.8) is 0 Å². The van der Waals surface area contributed by atoms with E-state index < -0.39 is 16.0 Å². The molecule has 0 bridgehead atoms. The first kappa shape index (κ1) is 18.7. The molecular weight excluding hydrogens is 386 g/mol. The van der Waals surface area contributed by atoms with Gasteiger partial charge in [0.2, 0.25) is 5.96 Å². The van der Waals surface area contributed by atoms with Crippen LogP contribution in [0.2, 0.25) is 0 Å². The number of guanidine groups is 1. The lowest BCUT2D eigenvalue weighted by molar-refractivity contribution is 0.598. The number of benzene rings is 3. The van der Waals surface area contributed by atoms with Crippen molar-refractivity contribution >= 4 is 43.5 Å². The molecule has 0 amide bonds. The number of para-hydroxylation sites is 2. The molecule has 0 unspecified atom stereocenters. The molecule has 1 heterocycles. The van der Waals surface area contributed by atoms with E-state index in [1.165, 1.54) is 12.1 Å². The minimum absolute atomic E-state index is 0.000900. The number of hydrogen-bond acceptors (Lipinski definition) is 3. The van der Waals surface area contributed by atoms with Gasteiger partial charge in [-0.1, -0.05) is 36.4 Å². The predicted octanol–water partition coefficient (Wildman–Crippen LogP) is 2.53. The third-order valence-corrected chi connectivity index (χ3v) is 5.96. The first-order chi connectivity index (χ1) is 13.9. The number of pyridine rings is 1. The summed E-state index contributed by atoms with van der Waals surface area (Å²) in [6.45, 7) is 0. The second-order valence-corrected chi connectivity index (χ2v) is 8.14. The van der Waals surface area contributed by atoms with Gasteiger partial charge in [0, 0.05) is 17.8 Å². The number of sulfonamides is 1. The minimum atomic E-state index is -3.93. The molecule has 0 spiro atoms. The summed E-state index contributed by atoms with van der Waals surface area (Å²) in [6, 6.07) is 22.2. The van der Waals surface area contributed by atoms with Crippen molar-refractivity contribution in [2.24, 2.45) is 27.9 Å². The Morgan fingerprint density at radius 1 is 0.828 bits per heavy atom. The smallest absolute Gasteiger partial charge is 0.285 e. The average molecular weight is 405 g/mol. The summed E-state index contributed by atoms with van der Waals surface area (Å²) in [5.74, 6) is -0.506. The number of nitrogens with two attached hydrogens (primary N) is 2. The summed E-state index contributed by atoms with van der Waals surface area (Å²) in [5, 5.41) is 2.84. The third kappa shape index (κ3) is 3.45. The van der Waals surface area contributed by atoms with Crippen molar-refractivity contribution in [2.75, 3.05) is 0 Å². The third-order valence-electron chi connectivity index (χ3n) is 4.64. The van der Waals surface area contributed by atoms with Crippen LogP contribution in [0.4, 0.5) is 5.69 Å². The van der Waals surface area contributed by atoms with Crippen molar-refractivity contribution in [3.05, 3.63) is 78.2 Å². The molecule has 4 rings (SSSR count). The Kier molecular flexibility index (Phi) is 4.56. The largest absolute Gasteiger partial charge is 0.369 e. The molecule has 0 atom stereocenters. The van der Waals surface area contributed by atoms with Crippen molar-refractivity contribution < 1.29 is 8.42 Å². The number of aromatic nitrogens is 1. The van der Waals surface area contributed by atoms with Gasteiger partial charge in [-0.2, -0.15) is 8.42 Å². The van der Waals surface area contributed by atoms with Crippen LogP contribution in [0, 0.1) is 0 Å². The fraction of sp³-hybridized carbons (Fsp3) is 0.0476. The number of rotatable bonds is 3. The van der Waals surface area contributed by atoms with E-state index in [1.807, 2.05) is 55.6 Å². The Hall–Kier alpha value is -3.65. The summed E-state index contributed by atoms with van der Waals surface area (Å²) < 4.78 is 29.7. The zero-order chi connectivity index (χ0) is 20.6. The second-order valence-electron chi connectivity index (χ2n) is 6.54. The van der Waals surface area contributed by atoms with E-state index in [1.54, 1.807) is 12.1 Å². The molecule has 29 heavy (non-hydrogen) atoms. The van der Waals surface area contributed by atoms with Gasteiger partial charge >= 0.3 is 0 Å². The highest BCUT2D eigenvalue weighted by atomic mass is 32.2. The van der Waals surface area contributed by atoms with E-state index in [0.29, 0.717) is 5.69 Å². The summed E-state index contributed by atoms with van der Waals surface area (Å²) >= 11 is 0. The van der Waals surface area contributed by atoms with Crippen molar-refractivity contribution in [3.8, 4) is 0 Å². The van der Waals surface area contributed by atoms with Gasteiger partial charge in [0.1, 0.15) is 0 Å². The SMILES string of the molecule is Cn1c2ccccc2c(=Nc2ccc(S(=O)(=O)N=C(N)N)cc2)c2ccccc21. The van der Waals surface area contributed by atoms with Gasteiger partial charge in [-0.25, -0.2) is 4.99 Å². The second kappa shape index (κ2) is 7.06. The summed E-state index contributed by atoms with van der Waals surface area (Å²) in [6.07, 6.45) is 0. The van der Waals surface area contributed by atoms with Gasteiger partial charge < -0.3 is 16.0 Å². The lowest BCUT2D eigenvalue weighted by Gasteiger charge is -2.11. The molecule has 0 saturated heterocycles. The molecule has 0 radical (unpaired) electrons. The summed E-state index contributed by atoms with van der Waals surface area (Å²) in [4.78, 5) is 4.83. The Morgan fingerprint density at radius 2 is 1.34 bits per heavy atom. The van der Waals surface area contributed by atoms with Crippen molar-refractivity contribution in [2.45, 2.75) is 4.90 Å². The van der Waals surface area contributed by atoms with Gasteiger partial charge in [0.25, 0.3) is 10.0 Å². The summed E-state index contributed by atoms with van der Waals surface area (Å²) in [5.41, 5.74) is 13.1. The molecule has 0 saturated carbocycles. The lowest BCUT2D eigenvalue weighted by atomic mass is 10.1. The Balaban J connectivity index is 1.95. The Bertz CT molecular complexity index is 1370. The fourth-order valence-electron chi connectivity index (χ4n) is 3.34. The molecule has 8 heteroatoms. The van der Waals surface area contributed by atoms with Crippen LogP contribution >= 0.6 is 0 Å². The topological polar surface area (TPSA) is 116 Å². The molecule has 0 aliphatic carbocycles. The van der Waals surface area contributed by atoms with E-state index in [2.05, 4.69) is 8.96 Å². The zero-order valence-electron chi connectivity index (χ0n) is 15.6. The standard InChI is InChI=1S/C21H19N5O2S/c1-26-18-8-4-2-6-16(18)20(17-7-3-5-9-19(17)26)24-14-10-12-15(13-11-14)29(27,28)25-21(22)23/h2-13H,1H3,(H4,22,23,25). The number of aryl methyl sites for hydroxylation is 1. The normalized spacial score (nSPS) is 11.5. The maximum Gasteiger partial charge on any atom is 0.285 e. The molecule has 1 aromatic heterocycles.